The number of nitrogens with one attached hydrogen (secondary N) is 1. The first kappa shape index (κ1) is 19.6. The molecule has 1 N–H and O–H groups in total. The maximum Gasteiger partial charge on any atom is 0.330 e. The van der Waals surface area contributed by atoms with Crippen LogP contribution in [0.25, 0.3) is 0 Å². The third-order valence-corrected chi connectivity index (χ3v) is 5.06. The minimum Gasteiger partial charge on any atom is -0.477 e. The number of amides is 1. The molecule has 0 spiro atoms. The van der Waals surface area contributed by atoms with E-state index in [9.17, 15) is 9.59 Å². The van der Waals surface area contributed by atoms with Gasteiger partial charge in [0.15, 0.2) is 0 Å². The van der Waals surface area contributed by atoms with Crippen molar-refractivity contribution in [1.29, 1.82) is 0 Å². The molecule has 0 unspecified atom stereocenters. The summed E-state index contributed by atoms with van der Waals surface area (Å²) in [5.41, 5.74) is 0.123. The fourth-order valence-electron chi connectivity index (χ4n) is 3.15. The molecule has 0 radical (unpaired) electrons. The second kappa shape index (κ2) is 8.25. The first-order chi connectivity index (χ1) is 12.9. The van der Waals surface area contributed by atoms with E-state index in [2.05, 4.69) is 10.3 Å². The normalized spacial score (nSPS) is 18.0. The van der Waals surface area contributed by atoms with E-state index in [1.807, 2.05) is 6.07 Å². The third kappa shape index (κ3) is 4.97. The van der Waals surface area contributed by atoms with Crippen LogP contribution in [0.1, 0.15) is 61.5 Å². The number of pyridine rings is 1. The molecule has 1 saturated heterocycles. The van der Waals surface area contributed by atoms with Crippen LogP contribution in [0.2, 0.25) is 0 Å². The van der Waals surface area contributed by atoms with Gasteiger partial charge >= 0.3 is 5.97 Å². The fourth-order valence-corrected chi connectivity index (χ4v) is 3.15. The highest BCUT2D eigenvalue weighted by atomic mass is 16.5. The number of aromatic nitrogens is 1. The van der Waals surface area contributed by atoms with Crippen molar-refractivity contribution in [2.24, 2.45) is 5.92 Å². The summed E-state index contributed by atoms with van der Waals surface area (Å²) in [4.78, 5) is 28.9. The van der Waals surface area contributed by atoms with Gasteiger partial charge in [-0.1, -0.05) is 6.07 Å². The van der Waals surface area contributed by atoms with Crippen molar-refractivity contribution in [2.75, 3.05) is 26.9 Å². The van der Waals surface area contributed by atoms with Gasteiger partial charge in [-0.2, -0.15) is 0 Å². The maximum atomic E-state index is 12.6. The lowest BCUT2D eigenvalue weighted by atomic mass is 9.92. The molecular formula is C20H28N2O5. The zero-order valence-corrected chi connectivity index (χ0v) is 16.2. The Morgan fingerprint density at radius 2 is 1.93 bits per heavy atom. The Balaban J connectivity index is 1.79. The number of carbonyl (C=O) groups is 2. The Labute approximate surface area is 159 Å². The first-order valence-electron chi connectivity index (χ1n) is 9.53. The van der Waals surface area contributed by atoms with Crippen molar-refractivity contribution in [3.63, 3.8) is 0 Å². The van der Waals surface area contributed by atoms with Crippen LogP contribution in [0.5, 0.6) is 5.88 Å². The smallest absolute Gasteiger partial charge is 0.330 e. The molecule has 1 saturated carbocycles. The zero-order valence-electron chi connectivity index (χ0n) is 16.2. The second-order valence-corrected chi connectivity index (χ2v) is 7.80. The molecule has 1 aliphatic carbocycles. The second-order valence-electron chi connectivity index (χ2n) is 7.80. The molecule has 0 aromatic carbocycles. The molecule has 27 heavy (non-hydrogen) atoms. The Hall–Kier alpha value is -2.15. The Morgan fingerprint density at radius 3 is 2.56 bits per heavy atom. The SMILES string of the molecule is COC(=O)C(C)(C)NC(=O)c1ccc(C2CCOCC2)c(OCC2CC2)n1. The molecule has 7 nitrogen and oxygen atoms in total. The maximum absolute atomic E-state index is 12.6. The average molecular weight is 376 g/mol. The van der Waals surface area contributed by atoms with Crippen molar-refractivity contribution in [3.05, 3.63) is 23.4 Å². The van der Waals surface area contributed by atoms with Crippen LogP contribution < -0.4 is 10.1 Å². The number of nitrogens with zero attached hydrogens (tertiary/aromatic N) is 1. The van der Waals surface area contributed by atoms with Crippen LogP contribution in [0.15, 0.2) is 12.1 Å². The summed E-state index contributed by atoms with van der Waals surface area (Å²) in [5.74, 6) is 0.492. The molecule has 2 heterocycles. The van der Waals surface area contributed by atoms with Gasteiger partial charge in [-0.15, -0.1) is 0 Å². The van der Waals surface area contributed by atoms with Crippen LogP contribution in [0.4, 0.5) is 0 Å². The van der Waals surface area contributed by atoms with Gasteiger partial charge in [-0.3, -0.25) is 4.79 Å². The number of hydrogen-bond donors (Lipinski definition) is 1. The summed E-state index contributed by atoms with van der Waals surface area (Å²) < 4.78 is 16.2. The van der Waals surface area contributed by atoms with Crippen molar-refractivity contribution < 1.29 is 23.8 Å². The molecule has 1 amide bonds. The zero-order chi connectivity index (χ0) is 19.4. The minimum atomic E-state index is -1.14. The van der Waals surface area contributed by atoms with Gasteiger partial charge in [0.1, 0.15) is 11.2 Å². The summed E-state index contributed by atoms with van der Waals surface area (Å²) in [7, 11) is 1.29. The lowest BCUT2D eigenvalue weighted by molar-refractivity contribution is -0.146. The third-order valence-electron chi connectivity index (χ3n) is 5.06. The number of hydrogen-bond acceptors (Lipinski definition) is 6. The Morgan fingerprint density at radius 1 is 1.22 bits per heavy atom. The van der Waals surface area contributed by atoms with E-state index in [4.69, 9.17) is 14.2 Å². The standard InChI is InChI=1S/C20H28N2O5/c1-20(2,19(24)25-3)22-17(23)16-7-6-15(14-8-10-26-11-9-14)18(21-16)27-12-13-4-5-13/h6-7,13-14H,4-5,8-12H2,1-3H3,(H,22,23). The van der Waals surface area contributed by atoms with Crippen molar-refractivity contribution in [1.82, 2.24) is 10.3 Å². The Bertz CT molecular complexity index is 694. The van der Waals surface area contributed by atoms with Crippen molar-refractivity contribution >= 4 is 11.9 Å². The molecule has 0 bridgehead atoms. The van der Waals surface area contributed by atoms with Gasteiger partial charge < -0.3 is 19.5 Å². The molecule has 148 valence electrons. The number of ether oxygens (including phenoxy) is 3. The summed E-state index contributed by atoms with van der Waals surface area (Å²) in [6.45, 7) is 5.27. The van der Waals surface area contributed by atoms with E-state index >= 15 is 0 Å². The van der Waals surface area contributed by atoms with Crippen molar-refractivity contribution in [2.45, 2.75) is 51.0 Å². The van der Waals surface area contributed by atoms with E-state index in [0.717, 1.165) is 31.6 Å². The fraction of sp³-hybridized carbons (Fsp3) is 0.650. The van der Waals surface area contributed by atoms with Crippen LogP contribution in [-0.2, 0) is 14.3 Å². The summed E-state index contributed by atoms with van der Waals surface area (Å²) in [6, 6.07) is 3.61. The molecule has 1 aromatic heterocycles. The topological polar surface area (TPSA) is 86.8 Å². The molecule has 2 fully saturated rings. The molecular weight excluding hydrogens is 348 g/mol. The molecule has 3 rings (SSSR count). The summed E-state index contributed by atoms with van der Waals surface area (Å²) in [6.07, 6.45) is 4.20. The van der Waals surface area contributed by atoms with Gasteiger partial charge in [0.05, 0.1) is 13.7 Å². The minimum absolute atomic E-state index is 0.230. The predicted molar refractivity (Wildman–Crippen MR) is 98.8 cm³/mol. The van der Waals surface area contributed by atoms with E-state index in [1.54, 1.807) is 19.9 Å². The number of esters is 1. The van der Waals surface area contributed by atoms with Gasteiger partial charge in [-0.05, 0) is 57.4 Å². The van der Waals surface area contributed by atoms with Gasteiger partial charge in [0, 0.05) is 18.8 Å². The van der Waals surface area contributed by atoms with Crippen LogP contribution in [0.3, 0.4) is 0 Å². The molecule has 7 heteroatoms. The van der Waals surface area contributed by atoms with E-state index in [1.165, 1.54) is 20.0 Å². The largest absolute Gasteiger partial charge is 0.477 e. The summed E-state index contributed by atoms with van der Waals surface area (Å²) in [5, 5.41) is 2.68. The first-order valence-corrected chi connectivity index (χ1v) is 9.53. The predicted octanol–water partition coefficient (Wildman–Crippen LogP) is 2.45. The number of carbonyl (C=O) groups excluding carboxylic acids is 2. The highest BCUT2D eigenvalue weighted by molar-refractivity contribution is 5.96. The molecule has 2 aliphatic rings. The lowest BCUT2D eigenvalue weighted by Gasteiger charge is -2.25. The molecule has 1 aromatic rings. The van der Waals surface area contributed by atoms with Crippen LogP contribution in [-0.4, -0.2) is 49.3 Å². The Kier molecular flexibility index (Phi) is 5.99. The number of methoxy groups -OCH3 is 1. The summed E-state index contributed by atoms with van der Waals surface area (Å²) >= 11 is 0. The van der Waals surface area contributed by atoms with Crippen LogP contribution >= 0.6 is 0 Å². The van der Waals surface area contributed by atoms with Crippen LogP contribution in [0, 0.1) is 5.92 Å². The highest BCUT2D eigenvalue weighted by Gasteiger charge is 2.32. The lowest BCUT2D eigenvalue weighted by Crippen LogP contribution is -2.50. The van der Waals surface area contributed by atoms with Crippen molar-refractivity contribution in [3.8, 4) is 5.88 Å². The quantitative estimate of drug-likeness (QED) is 0.736. The molecule has 0 atom stereocenters. The van der Waals surface area contributed by atoms with Gasteiger partial charge in [-0.25, -0.2) is 9.78 Å². The van der Waals surface area contributed by atoms with Gasteiger partial charge in [0.25, 0.3) is 5.91 Å². The number of rotatable bonds is 7. The van der Waals surface area contributed by atoms with E-state index in [0.29, 0.717) is 24.3 Å². The molecule has 1 aliphatic heterocycles. The monoisotopic (exact) mass is 376 g/mol. The van der Waals surface area contributed by atoms with E-state index < -0.39 is 17.4 Å². The van der Waals surface area contributed by atoms with Gasteiger partial charge in [0.2, 0.25) is 5.88 Å². The average Bonchev–Trinajstić information content (AvgIpc) is 3.50. The highest BCUT2D eigenvalue weighted by Crippen LogP contribution is 2.35. The van der Waals surface area contributed by atoms with E-state index in [-0.39, 0.29) is 5.69 Å².